The van der Waals surface area contributed by atoms with Crippen molar-refractivity contribution in [2.24, 2.45) is 0 Å². The minimum atomic E-state index is -4.52. The second-order valence-corrected chi connectivity index (χ2v) is 4.50. The maximum absolute atomic E-state index is 12.4. The number of hydrogen-bond acceptors (Lipinski definition) is 4. The summed E-state index contributed by atoms with van der Waals surface area (Å²) in [5, 5.41) is 10.8. The number of benzene rings is 1. The number of para-hydroxylation sites is 2. The van der Waals surface area contributed by atoms with Gasteiger partial charge in [0.05, 0.1) is 18.0 Å². The predicted molar refractivity (Wildman–Crippen MR) is 76.0 cm³/mol. The van der Waals surface area contributed by atoms with E-state index < -0.39 is 23.6 Å². The molecule has 23 heavy (non-hydrogen) atoms. The van der Waals surface area contributed by atoms with Crippen LogP contribution < -0.4 is 4.74 Å². The van der Waals surface area contributed by atoms with E-state index in [0.717, 1.165) is 0 Å². The fourth-order valence-corrected chi connectivity index (χ4v) is 1.76. The number of alkyl halides is 3. The van der Waals surface area contributed by atoms with Crippen molar-refractivity contribution in [3.63, 3.8) is 0 Å². The van der Waals surface area contributed by atoms with Gasteiger partial charge in [0.25, 0.3) is 0 Å². The molecule has 0 radical (unpaired) electrons. The molecule has 1 amide bonds. The van der Waals surface area contributed by atoms with Crippen molar-refractivity contribution in [1.82, 2.24) is 4.90 Å². The lowest BCUT2D eigenvalue weighted by Gasteiger charge is -2.22. The molecule has 1 rings (SSSR count). The number of nitrogens with zero attached hydrogens (tertiary/aromatic N) is 2. The van der Waals surface area contributed by atoms with Crippen LogP contribution in [0, 0.1) is 10.1 Å². The van der Waals surface area contributed by atoms with E-state index in [9.17, 15) is 28.1 Å². The number of carbonyl (C=O) groups is 1. The molecule has 0 aromatic heterocycles. The molecule has 1 aromatic carbocycles. The third-order valence-corrected chi connectivity index (χ3v) is 2.71. The average Bonchev–Trinajstić information content (AvgIpc) is 2.45. The molecule has 0 bridgehead atoms. The van der Waals surface area contributed by atoms with Gasteiger partial charge in [-0.1, -0.05) is 18.2 Å². The molecule has 0 aliphatic heterocycles. The summed E-state index contributed by atoms with van der Waals surface area (Å²) >= 11 is 0. The van der Waals surface area contributed by atoms with Crippen LogP contribution >= 0.6 is 0 Å². The van der Waals surface area contributed by atoms with E-state index >= 15 is 0 Å². The summed E-state index contributed by atoms with van der Waals surface area (Å²) in [7, 11) is 0. The van der Waals surface area contributed by atoms with E-state index in [1.165, 1.54) is 30.3 Å². The summed E-state index contributed by atoms with van der Waals surface area (Å²) in [5.41, 5.74) is -0.279. The zero-order valence-corrected chi connectivity index (χ0v) is 12.1. The van der Waals surface area contributed by atoms with Crippen molar-refractivity contribution < 1.29 is 27.6 Å². The van der Waals surface area contributed by atoms with E-state index in [4.69, 9.17) is 4.74 Å². The largest absolute Gasteiger partial charge is 0.486 e. The third-order valence-electron chi connectivity index (χ3n) is 2.71. The highest BCUT2D eigenvalue weighted by atomic mass is 19.4. The van der Waals surface area contributed by atoms with Crippen LogP contribution in [0.5, 0.6) is 5.75 Å². The molecule has 0 fully saturated rings. The molecular formula is C14H15F3N2O4. The van der Waals surface area contributed by atoms with Gasteiger partial charge in [-0.15, -0.1) is 6.58 Å². The van der Waals surface area contributed by atoms with Crippen LogP contribution in [0.1, 0.15) is 6.42 Å². The maximum Gasteiger partial charge on any atom is 0.406 e. The Kier molecular flexibility index (Phi) is 6.55. The monoisotopic (exact) mass is 332 g/mol. The van der Waals surface area contributed by atoms with Crippen LogP contribution in [0.15, 0.2) is 36.9 Å². The van der Waals surface area contributed by atoms with E-state index in [1.54, 1.807) is 0 Å². The lowest BCUT2D eigenvalue weighted by atomic mass is 10.3. The first kappa shape index (κ1) is 18.5. The summed E-state index contributed by atoms with van der Waals surface area (Å²) in [5.74, 6) is -0.822. The fourth-order valence-electron chi connectivity index (χ4n) is 1.76. The van der Waals surface area contributed by atoms with Crippen LogP contribution in [0.3, 0.4) is 0 Å². The Hall–Kier alpha value is -2.58. The standard InChI is InChI=1S/C14H15F3N2O4/c1-2-8-18(10-14(15,16)17)13(20)7-9-23-12-6-4-3-5-11(12)19(21)22/h2-6H,1,7-10H2. The second kappa shape index (κ2) is 8.16. The van der Waals surface area contributed by atoms with E-state index in [2.05, 4.69) is 6.58 Å². The topological polar surface area (TPSA) is 72.7 Å². The molecule has 0 aliphatic rings. The van der Waals surface area contributed by atoms with Crippen LogP contribution in [0.4, 0.5) is 18.9 Å². The van der Waals surface area contributed by atoms with Gasteiger partial charge in [0.15, 0.2) is 5.75 Å². The van der Waals surface area contributed by atoms with Crippen molar-refractivity contribution >= 4 is 11.6 Å². The molecule has 0 saturated heterocycles. The van der Waals surface area contributed by atoms with Crippen molar-refractivity contribution in [3.8, 4) is 5.75 Å². The number of hydrogen-bond donors (Lipinski definition) is 0. The SMILES string of the molecule is C=CCN(CC(F)(F)F)C(=O)CCOc1ccccc1[N+](=O)[O-]. The second-order valence-electron chi connectivity index (χ2n) is 4.50. The summed E-state index contributed by atoms with van der Waals surface area (Å²) in [6.45, 7) is 1.40. The van der Waals surface area contributed by atoms with Crippen LogP contribution in [0.25, 0.3) is 0 Å². The molecule has 0 atom stereocenters. The quantitative estimate of drug-likeness (QED) is 0.417. The van der Waals surface area contributed by atoms with E-state index in [0.29, 0.717) is 4.90 Å². The average molecular weight is 332 g/mol. The number of amides is 1. The minimum Gasteiger partial charge on any atom is -0.486 e. The summed E-state index contributed by atoms with van der Waals surface area (Å²) in [4.78, 5) is 22.5. The molecule has 9 heteroatoms. The molecule has 0 saturated carbocycles. The molecule has 0 N–H and O–H groups in total. The number of carbonyl (C=O) groups excluding carboxylic acids is 1. The highest BCUT2D eigenvalue weighted by Gasteiger charge is 2.32. The van der Waals surface area contributed by atoms with Gasteiger partial charge in [-0.25, -0.2) is 0 Å². The molecule has 1 aromatic rings. The maximum atomic E-state index is 12.4. The molecular weight excluding hydrogens is 317 g/mol. The Morgan fingerprint density at radius 3 is 2.61 bits per heavy atom. The molecule has 6 nitrogen and oxygen atoms in total. The molecule has 0 aliphatic carbocycles. The van der Waals surface area contributed by atoms with Crippen molar-refractivity contribution in [2.75, 3.05) is 19.7 Å². The van der Waals surface area contributed by atoms with Gasteiger partial charge in [0.1, 0.15) is 6.54 Å². The van der Waals surface area contributed by atoms with Crippen molar-refractivity contribution in [2.45, 2.75) is 12.6 Å². The van der Waals surface area contributed by atoms with Crippen LogP contribution in [-0.2, 0) is 4.79 Å². The Bertz CT molecular complexity index is 575. The Balaban J connectivity index is 2.61. The molecule has 0 spiro atoms. The number of ether oxygens (including phenoxy) is 1. The molecule has 126 valence electrons. The first-order chi connectivity index (χ1) is 10.7. The predicted octanol–water partition coefficient (Wildman–Crippen LogP) is 2.94. The van der Waals surface area contributed by atoms with Gasteiger partial charge in [-0.3, -0.25) is 14.9 Å². The lowest BCUT2D eigenvalue weighted by molar-refractivity contribution is -0.385. The fraction of sp³-hybridized carbons (Fsp3) is 0.357. The minimum absolute atomic E-state index is 0.0450. The van der Waals surface area contributed by atoms with Crippen LogP contribution in [0.2, 0.25) is 0 Å². The Morgan fingerprint density at radius 2 is 2.04 bits per heavy atom. The first-order valence-corrected chi connectivity index (χ1v) is 6.56. The number of nitro groups is 1. The van der Waals surface area contributed by atoms with Gasteiger partial charge < -0.3 is 9.64 Å². The Labute approximate surface area is 130 Å². The van der Waals surface area contributed by atoms with Gasteiger partial charge in [-0.2, -0.15) is 13.2 Å². The zero-order valence-electron chi connectivity index (χ0n) is 12.1. The van der Waals surface area contributed by atoms with Gasteiger partial charge in [0, 0.05) is 12.6 Å². The normalized spacial score (nSPS) is 10.9. The van der Waals surface area contributed by atoms with Crippen molar-refractivity contribution in [1.29, 1.82) is 0 Å². The number of rotatable bonds is 8. The summed E-state index contributed by atoms with van der Waals surface area (Å²) < 4.78 is 42.3. The number of nitro benzene ring substituents is 1. The van der Waals surface area contributed by atoms with Gasteiger partial charge in [-0.05, 0) is 6.07 Å². The lowest BCUT2D eigenvalue weighted by Crippen LogP contribution is -2.39. The summed E-state index contributed by atoms with van der Waals surface area (Å²) in [6, 6.07) is 5.54. The third kappa shape index (κ3) is 6.37. The smallest absolute Gasteiger partial charge is 0.406 e. The highest BCUT2D eigenvalue weighted by Crippen LogP contribution is 2.26. The first-order valence-electron chi connectivity index (χ1n) is 6.56. The molecule has 0 unspecified atom stereocenters. The zero-order chi connectivity index (χ0) is 17.5. The van der Waals surface area contributed by atoms with E-state index in [1.807, 2.05) is 0 Å². The van der Waals surface area contributed by atoms with Crippen molar-refractivity contribution in [3.05, 3.63) is 47.0 Å². The van der Waals surface area contributed by atoms with Gasteiger partial charge >= 0.3 is 11.9 Å². The Morgan fingerprint density at radius 1 is 1.39 bits per heavy atom. The highest BCUT2D eigenvalue weighted by molar-refractivity contribution is 5.76. The number of halogens is 3. The van der Waals surface area contributed by atoms with Gasteiger partial charge in [0.2, 0.25) is 5.91 Å². The van der Waals surface area contributed by atoms with E-state index in [-0.39, 0.29) is 31.0 Å². The van der Waals surface area contributed by atoms with Crippen LogP contribution in [-0.4, -0.2) is 41.6 Å². The summed E-state index contributed by atoms with van der Waals surface area (Å²) in [6.07, 6.45) is -3.67. The molecule has 0 heterocycles.